The van der Waals surface area contributed by atoms with E-state index in [1.807, 2.05) is 0 Å². The van der Waals surface area contributed by atoms with Crippen LogP contribution in [0.15, 0.2) is 0 Å². The van der Waals surface area contributed by atoms with E-state index < -0.39 is 15.6 Å². The van der Waals surface area contributed by atoms with Gasteiger partial charge < -0.3 is 4.74 Å². The Kier molecular flexibility index (Phi) is 4.34. The highest BCUT2D eigenvalue weighted by Gasteiger charge is 2.39. The average molecular weight is 282 g/mol. The standard InChI is InChI=1S/C11H20ClNO3S/c12-9-11(5-7-16-8-6-11)13-17(14,15)10-3-1-2-4-10/h10,13H,1-9H2. The number of nitrogens with one attached hydrogen (secondary N) is 1. The molecule has 1 saturated heterocycles. The first-order valence-corrected chi connectivity index (χ1v) is 8.33. The molecular weight excluding hydrogens is 262 g/mol. The van der Waals surface area contributed by atoms with Crippen LogP contribution in [0.5, 0.6) is 0 Å². The zero-order valence-corrected chi connectivity index (χ0v) is 11.5. The number of ether oxygens (including phenoxy) is 1. The summed E-state index contributed by atoms with van der Waals surface area (Å²) in [5.41, 5.74) is -0.485. The van der Waals surface area contributed by atoms with E-state index >= 15 is 0 Å². The van der Waals surface area contributed by atoms with E-state index in [2.05, 4.69) is 4.72 Å². The molecule has 2 aliphatic rings. The first-order valence-electron chi connectivity index (χ1n) is 6.24. The van der Waals surface area contributed by atoms with Gasteiger partial charge in [0.25, 0.3) is 0 Å². The largest absolute Gasteiger partial charge is 0.381 e. The Bertz CT molecular complexity index is 346. The second-order valence-corrected chi connectivity index (χ2v) is 7.31. The number of halogens is 1. The molecule has 0 atom stereocenters. The zero-order valence-electron chi connectivity index (χ0n) is 9.95. The second kappa shape index (κ2) is 5.43. The minimum absolute atomic E-state index is 0.217. The summed E-state index contributed by atoms with van der Waals surface area (Å²) in [5, 5.41) is -0.217. The van der Waals surface area contributed by atoms with Crippen molar-refractivity contribution in [3.63, 3.8) is 0 Å². The summed E-state index contributed by atoms with van der Waals surface area (Å²) in [6.45, 7) is 1.17. The lowest BCUT2D eigenvalue weighted by molar-refractivity contribution is 0.0548. The van der Waals surface area contributed by atoms with Gasteiger partial charge in [-0.1, -0.05) is 12.8 Å². The van der Waals surface area contributed by atoms with Crippen LogP contribution in [-0.4, -0.2) is 38.3 Å². The Labute approximate surface area is 108 Å². The van der Waals surface area contributed by atoms with Crippen molar-refractivity contribution in [1.29, 1.82) is 0 Å². The number of hydrogen-bond acceptors (Lipinski definition) is 3. The molecule has 2 rings (SSSR count). The molecule has 0 aromatic heterocycles. The Hall–Kier alpha value is 0.160. The third kappa shape index (κ3) is 3.13. The molecule has 17 heavy (non-hydrogen) atoms. The molecule has 0 bridgehead atoms. The molecule has 2 fully saturated rings. The van der Waals surface area contributed by atoms with Crippen molar-refractivity contribution in [2.45, 2.75) is 49.3 Å². The van der Waals surface area contributed by atoms with E-state index in [1.165, 1.54) is 0 Å². The summed E-state index contributed by atoms with van der Waals surface area (Å²) in [7, 11) is -3.22. The number of alkyl halides is 1. The third-order valence-electron chi connectivity index (χ3n) is 3.81. The maximum Gasteiger partial charge on any atom is 0.215 e. The van der Waals surface area contributed by atoms with Crippen LogP contribution in [-0.2, 0) is 14.8 Å². The maximum absolute atomic E-state index is 12.3. The van der Waals surface area contributed by atoms with Gasteiger partial charge in [-0.05, 0) is 25.7 Å². The van der Waals surface area contributed by atoms with E-state index in [1.54, 1.807) is 0 Å². The summed E-state index contributed by atoms with van der Waals surface area (Å²) in [5.74, 6) is 0.322. The van der Waals surface area contributed by atoms with E-state index in [0.29, 0.717) is 31.9 Å². The molecule has 6 heteroatoms. The number of rotatable bonds is 4. The summed E-state index contributed by atoms with van der Waals surface area (Å²) in [4.78, 5) is 0. The van der Waals surface area contributed by atoms with Crippen molar-refractivity contribution in [3.8, 4) is 0 Å². The molecule has 100 valence electrons. The minimum Gasteiger partial charge on any atom is -0.381 e. The van der Waals surface area contributed by atoms with Gasteiger partial charge in [0.1, 0.15) is 0 Å². The third-order valence-corrected chi connectivity index (χ3v) is 6.38. The average Bonchev–Trinajstić information content (AvgIpc) is 2.84. The highest BCUT2D eigenvalue weighted by molar-refractivity contribution is 7.90. The lowest BCUT2D eigenvalue weighted by Crippen LogP contribution is -2.55. The van der Waals surface area contributed by atoms with Crippen LogP contribution in [0.1, 0.15) is 38.5 Å². The molecular formula is C11H20ClNO3S. The second-order valence-electron chi connectivity index (χ2n) is 5.08. The van der Waals surface area contributed by atoms with Crippen LogP contribution in [0.4, 0.5) is 0 Å². The fraction of sp³-hybridized carbons (Fsp3) is 1.00. The smallest absolute Gasteiger partial charge is 0.215 e. The first-order chi connectivity index (χ1) is 8.08. The fourth-order valence-electron chi connectivity index (χ4n) is 2.61. The highest BCUT2D eigenvalue weighted by atomic mass is 35.5. The predicted molar refractivity (Wildman–Crippen MR) is 67.8 cm³/mol. The van der Waals surface area contributed by atoms with Gasteiger partial charge in [-0.15, -0.1) is 11.6 Å². The molecule has 0 spiro atoms. The van der Waals surface area contributed by atoms with Crippen molar-refractivity contribution >= 4 is 21.6 Å². The Morgan fingerprint density at radius 1 is 1.24 bits per heavy atom. The van der Waals surface area contributed by atoms with E-state index in [-0.39, 0.29) is 5.25 Å². The van der Waals surface area contributed by atoms with Crippen molar-refractivity contribution in [2.75, 3.05) is 19.1 Å². The molecule has 1 saturated carbocycles. The van der Waals surface area contributed by atoms with Gasteiger partial charge >= 0.3 is 0 Å². The van der Waals surface area contributed by atoms with Crippen molar-refractivity contribution in [3.05, 3.63) is 0 Å². The van der Waals surface area contributed by atoms with Crippen LogP contribution >= 0.6 is 11.6 Å². The van der Waals surface area contributed by atoms with Crippen molar-refractivity contribution in [2.24, 2.45) is 0 Å². The number of hydrogen-bond donors (Lipinski definition) is 1. The summed E-state index contributed by atoms with van der Waals surface area (Å²) in [6.07, 6.45) is 4.93. The summed E-state index contributed by atoms with van der Waals surface area (Å²) < 4.78 is 32.6. The Morgan fingerprint density at radius 3 is 2.35 bits per heavy atom. The van der Waals surface area contributed by atoms with Crippen molar-refractivity contribution < 1.29 is 13.2 Å². The quantitative estimate of drug-likeness (QED) is 0.797. The minimum atomic E-state index is -3.22. The van der Waals surface area contributed by atoms with Gasteiger partial charge in [-0.3, -0.25) is 0 Å². The predicted octanol–water partition coefficient (Wildman–Crippen LogP) is 1.64. The van der Waals surface area contributed by atoms with Crippen LogP contribution in [0.3, 0.4) is 0 Å². The summed E-state index contributed by atoms with van der Waals surface area (Å²) >= 11 is 5.97. The lowest BCUT2D eigenvalue weighted by Gasteiger charge is -2.36. The molecule has 0 unspecified atom stereocenters. The van der Waals surface area contributed by atoms with Crippen LogP contribution in [0.2, 0.25) is 0 Å². The van der Waals surface area contributed by atoms with Crippen molar-refractivity contribution in [1.82, 2.24) is 4.72 Å². The maximum atomic E-state index is 12.3. The van der Waals surface area contributed by atoms with E-state index in [4.69, 9.17) is 16.3 Å². The topological polar surface area (TPSA) is 55.4 Å². The van der Waals surface area contributed by atoms with Crippen LogP contribution < -0.4 is 4.72 Å². The molecule has 0 radical (unpaired) electrons. The fourth-order valence-corrected chi connectivity index (χ4v) is 5.02. The Balaban J connectivity index is 2.06. The molecule has 0 amide bonds. The first kappa shape index (κ1) is 13.6. The molecule has 0 aromatic rings. The summed E-state index contributed by atoms with van der Waals surface area (Å²) in [6, 6.07) is 0. The van der Waals surface area contributed by atoms with E-state index in [0.717, 1.165) is 25.7 Å². The van der Waals surface area contributed by atoms with Gasteiger partial charge in [0.2, 0.25) is 10.0 Å². The molecule has 1 aliphatic carbocycles. The van der Waals surface area contributed by atoms with Crippen LogP contribution in [0, 0.1) is 0 Å². The molecule has 4 nitrogen and oxygen atoms in total. The van der Waals surface area contributed by atoms with Crippen LogP contribution in [0.25, 0.3) is 0 Å². The van der Waals surface area contributed by atoms with Gasteiger partial charge in [0.05, 0.1) is 10.8 Å². The highest BCUT2D eigenvalue weighted by Crippen LogP contribution is 2.28. The Morgan fingerprint density at radius 2 is 1.82 bits per heavy atom. The SMILES string of the molecule is O=S(=O)(NC1(CCl)CCOCC1)C1CCCC1. The molecule has 1 aliphatic heterocycles. The van der Waals surface area contributed by atoms with E-state index in [9.17, 15) is 8.42 Å². The molecule has 0 aromatic carbocycles. The number of sulfonamides is 1. The lowest BCUT2D eigenvalue weighted by atomic mass is 9.94. The monoisotopic (exact) mass is 281 g/mol. The molecule has 1 heterocycles. The normalized spacial score (nSPS) is 26.2. The van der Waals surface area contributed by atoms with Gasteiger partial charge in [-0.25, -0.2) is 13.1 Å². The van der Waals surface area contributed by atoms with Gasteiger partial charge in [-0.2, -0.15) is 0 Å². The van der Waals surface area contributed by atoms with Gasteiger partial charge in [0.15, 0.2) is 0 Å². The molecule has 1 N–H and O–H groups in total. The van der Waals surface area contributed by atoms with Gasteiger partial charge in [0, 0.05) is 19.1 Å². The zero-order chi connectivity index (χ0) is 12.4.